The van der Waals surface area contributed by atoms with Gasteiger partial charge in [0.15, 0.2) is 5.60 Å². The van der Waals surface area contributed by atoms with Gasteiger partial charge < -0.3 is 14.4 Å². The third-order valence-electron chi connectivity index (χ3n) is 4.45. The van der Waals surface area contributed by atoms with Gasteiger partial charge >= 0.3 is 0 Å². The molecule has 2 heterocycles. The topological polar surface area (TPSA) is 42.1 Å². The minimum absolute atomic E-state index is 0.0151. The number of carbonyl (C=O) groups excluding carboxylic acids is 1. The van der Waals surface area contributed by atoms with Crippen molar-refractivity contribution in [1.82, 2.24) is 4.90 Å². The van der Waals surface area contributed by atoms with Crippen LogP contribution in [0.4, 0.5) is 0 Å². The van der Waals surface area contributed by atoms with Crippen molar-refractivity contribution >= 4 is 5.91 Å². The molecule has 4 nitrogen and oxygen atoms in total. The molecular weight excluding hydrogens is 254 g/mol. The second-order valence-electron chi connectivity index (χ2n) is 6.23. The third kappa shape index (κ3) is 1.95. The average Bonchev–Trinajstić information content (AvgIpc) is 2.90. The van der Waals surface area contributed by atoms with Crippen molar-refractivity contribution < 1.29 is 14.3 Å². The Bertz CT molecular complexity index is 528. The van der Waals surface area contributed by atoms with E-state index in [1.54, 1.807) is 0 Å². The van der Waals surface area contributed by atoms with E-state index in [2.05, 4.69) is 0 Å². The molecule has 108 valence electrons. The molecule has 0 N–H and O–H groups in total. The van der Waals surface area contributed by atoms with Gasteiger partial charge in [-0.15, -0.1) is 0 Å². The highest BCUT2D eigenvalue weighted by molar-refractivity contribution is 5.89. The number of hydrogen-bond acceptors (Lipinski definition) is 3. The van der Waals surface area contributed by atoms with Crippen LogP contribution in [0.15, 0.2) is 30.3 Å². The molecule has 2 aliphatic heterocycles. The van der Waals surface area contributed by atoms with Crippen molar-refractivity contribution in [2.75, 3.05) is 6.61 Å². The Morgan fingerprint density at radius 2 is 1.85 bits per heavy atom. The lowest BCUT2D eigenvalue weighted by atomic mass is 10.0. The van der Waals surface area contributed by atoms with Crippen LogP contribution in [0.5, 0.6) is 0 Å². The second-order valence-corrected chi connectivity index (χ2v) is 6.23. The van der Waals surface area contributed by atoms with Crippen LogP contribution >= 0.6 is 0 Å². The molecule has 0 bridgehead atoms. The first-order valence-corrected chi connectivity index (χ1v) is 7.07. The van der Waals surface area contributed by atoms with Gasteiger partial charge in [0.1, 0.15) is 5.72 Å². The lowest BCUT2D eigenvalue weighted by Crippen LogP contribution is -2.50. The number of amides is 1. The molecular formula is C16H21NO3. The maximum atomic E-state index is 12.9. The van der Waals surface area contributed by atoms with Gasteiger partial charge in [-0.05, 0) is 33.3 Å². The highest BCUT2D eigenvalue weighted by Gasteiger charge is 2.61. The van der Waals surface area contributed by atoms with Crippen LogP contribution in [-0.2, 0) is 14.3 Å². The largest absolute Gasteiger partial charge is 0.356 e. The normalized spacial score (nSPS) is 35.1. The number of epoxide rings is 1. The Morgan fingerprint density at radius 3 is 2.40 bits per heavy atom. The Labute approximate surface area is 119 Å². The summed E-state index contributed by atoms with van der Waals surface area (Å²) in [5, 5.41) is 0. The Morgan fingerprint density at radius 1 is 1.25 bits per heavy atom. The predicted molar refractivity (Wildman–Crippen MR) is 75.0 cm³/mol. The predicted octanol–water partition coefficient (Wildman–Crippen LogP) is 2.50. The van der Waals surface area contributed by atoms with Crippen LogP contribution in [0.25, 0.3) is 0 Å². The van der Waals surface area contributed by atoms with E-state index in [4.69, 9.17) is 9.47 Å². The van der Waals surface area contributed by atoms with Crippen molar-refractivity contribution in [2.24, 2.45) is 0 Å². The summed E-state index contributed by atoms with van der Waals surface area (Å²) >= 11 is 0. The Balaban J connectivity index is 1.94. The first-order valence-electron chi connectivity index (χ1n) is 7.07. The maximum Gasteiger partial charge on any atom is 0.260 e. The molecule has 1 amide bonds. The van der Waals surface area contributed by atoms with Crippen LogP contribution in [0.2, 0.25) is 0 Å². The summed E-state index contributed by atoms with van der Waals surface area (Å²) in [5.41, 5.74) is -0.201. The highest BCUT2D eigenvalue weighted by atomic mass is 16.6. The molecule has 0 unspecified atom stereocenters. The van der Waals surface area contributed by atoms with Crippen LogP contribution in [0, 0.1) is 0 Å². The molecule has 2 fully saturated rings. The molecule has 4 heteroatoms. The summed E-state index contributed by atoms with van der Waals surface area (Å²) in [7, 11) is 0. The summed E-state index contributed by atoms with van der Waals surface area (Å²) in [6, 6.07) is 9.98. The Kier molecular flexibility index (Phi) is 2.92. The fourth-order valence-corrected chi connectivity index (χ4v) is 2.91. The van der Waals surface area contributed by atoms with Crippen LogP contribution < -0.4 is 0 Å². The molecule has 1 aromatic rings. The molecule has 0 radical (unpaired) electrons. The second kappa shape index (κ2) is 4.30. The standard InChI is InChI=1S/C16H21NO3/c1-11-16(4,20-11)14(18)17-13(10-19-15(17,2)3)12-8-6-5-7-9-12/h5-9,11,13H,10H2,1-4H3/t11-,13+,16+/m0/s1. The number of carbonyl (C=O) groups is 1. The van der Waals surface area contributed by atoms with E-state index in [9.17, 15) is 4.79 Å². The van der Waals surface area contributed by atoms with Gasteiger partial charge in [-0.2, -0.15) is 0 Å². The van der Waals surface area contributed by atoms with E-state index in [0.29, 0.717) is 6.61 Å². The molecule has 0 aliphatic carbocycles. The SMILES string of the molecule is C[C@@H]1O[C@@]1(C)C(=O)N1[C@@H](c2ccccc2)COC1(C)C. The molecule has 3 rings (SSSR count). The zero-order valence-electron chi connectivity index (χ0n) is 12.4. The summed E-state index contributed by atoms with van der Waals surface area (Å²) < 4.78 is 11.4. The first kappa shape index (κ1) is 13.6. The zero-order valence-corrected chi connectivity index (χ0v) is 12.4. The van der Waals surface area contributed by atoms with E-state index < -0.39 is 11.3 Å². The highest BCUT2D eigenvalue weighted by Crippen LogP contribution is 2.44. The van der Waals surface area contributed by atoms with Gasteiger partial charge in [0.05, 0.1) is 18.8 Å². The average molecular weight is 275 g/mol. The van der Waals surface area contributed by atoms with Gasteiger partial charge in [-0.25, -0.2) is 0 Å². The lowest BCUT2D eigenvalue weighted by Gasteiger charge is -2.35. The van der Waals surface area contributed by atoms with Gasteiger partial charge in [0, 0.05) is 0 Å². The number of ether oxygens (including phenoxy) is 2. The van der Waals surface area contributed by atoms with E-state index in [1.165, 1.54) is 0 Å². The van der Waals surface area contributed by atoms with E-state index in [1.807, 2.05) is 62.9 Å². The lowest BCUT2D eigenvalue weighted by molar-refractivity contribution is -0.151. The Hall–Kier alpha value is -1.39. The molecule has 3 atom stereocenters. The molecule has 2 saturated heterocycles. The van der Waals surface area contributed by atoms with Gasteiger partial charge in [-0.1, -0.05) is 30.3 Å². The van der Waals surface area contributed by atoms with Gasteiger partial charge in [-0.3, -0.25) is 4.79 Å². The van der Waals surface area contributed by atoms with Crippen molar-refractivity contribution in [1.29, 1.82) is 0 Å². The molecule has 2 aliphatic rings. The quantitative estimate of drug-likeness (QED) is 0.779. The van der Waals surface area contributed by atoms with Crippen LogP contribution in [0.3, 0.4) is 0 Å². The van der Waals surface area contributed by atoms with Crippen molar-refractivity contribution in [2.45, 2.75) is 51.2 Å². The van der Waals surface area contributed by atoms with Crippen molar-refractivity contribution in [3.8, 4) is 0 Å². The summed E-state index contributed by atoms with van der Waals surface area (Å²) in [5.74, 6) is 0.0151. The van der Waals surface area contributed by atoms with E-state index in [0.717, 1.165) is 5.56 Å². The minimum atomic E-state index is -0.696. The number of nitrogens with zero attached hydrogens (tertiary/aromatic N) is 1. The zero-order chi connectivity index (χ0) is 14.5. The van der Waals surface area contributed by atoms with E-state index >= 15 is 0 Å². The molecule has 0 spiro atoms. The number of rotatable bonds is 2. The van der Waals surface area contributed by atoms with Crippen molar-refractivity contribution in [3.05, 3.63) is 35.9 Å². The fraction of sp³-hybridized carbons (Fsp3) is 0.562. The molecule has 20 heavy (non-hydrogen) atoms. The number of benzene rings is 1. The van der Waals surface area contributed by atoms with Crippen LogP contribution in [-0.4, -0.2) is 34.8 Å². The maximum absolute atomic E-state index is 12.9. The fourth-order valence-electron chi connectivity index (χ4n) is 2.91. The monoisotopic (exact) mass is 275 g/mol. The number of hydrogen-bond donors (Lipinski definition) is 0. The van der Waals surface area contributed by atoms with Gasteiger partial charge in [0.2, 0.25) is 0 Å². The summed E-state index contributed by atoms with van der Waals surface area (Å²) in [4.78, 5) is 14.7. The van der Waals surface area contributed by atoms with Crippen molar-refractivity contribution in [3.63, 3.8) is 0 Å². The van der Waals surface area contributed by atoms with E-state index in [-0.39, 0.29) is 18.1 Å². The summed E-state index contributed by atoms with van der Waals surface area (Å²) in [6.07, 6.45) is -0.0252. The van der Waals surface area contributed by atoms with Crippen LogP contribution in [0.1, 0.15) is 39.3 Å². The smallest absolute Gasteiger partial charge is 0.260 e. The van der Waals surface area contributed by atoms with Gasteiger partial charge in [0.25, 0.3) is 5.91 Å². The summed E-state index contributed by atoms with van der Waals surface area (Å²) in [6.45, 7) is 8.18. The first-order chi connectivity index (χ1) is 9.36. The molecule has 0 aromatic heterocycles. The third-order valence-corrected chi connectivity index (χ3v) is 4.45. The molecule has 0 saturated carbocycles. The molecule has 1 aromatic carbocycles. The minimum Gasteiger partial charge on any atom is -0.356 e.